The second kappa shape index (κ2) is 9.45. The molecule has 0 aromatic carbocycles. The molecular weight excluding hydrogens is 400 g/mol. The number of hydrogen-bond acceptors (Lipinski definition) is 7. The highest BCUT2D eigenvalue weighted by atomic mass is 15.3. The molecular formula is C24H28N8. The third-order valence-corrected chi connectivity index (χ3v) is 6.52. The van der Waals surface area contributed by atoms with E-state index in [4.69, 9.17) is 10.2 Å². The molecule has 3 aromatic heterocycles. The van der Waals surface area contributed by atoms with Crippen LogP contribution < -0.4 is 5.32 Å². The van der Waals surface area contributed by atoms with Gasteiger partial charge in [0.15, 0.2) is 0 Å². The Morgan fingerprint density at radius 2 is 1.84 bits per heavy atom. The van der Waals surface area contributed by atoms with E-state index in [2.05, 4.69) is 36.2 Å². The van der Waals surface area contributed by atoms with Crippen LogP contribution in [0.5, 0.6) is 0 Å². The summed E-state index contributed by atoms with van der Waals surface area (Å²) in [6.07, 6.45) is 18.2. The molecule has 164 valence electrons. The Hall–Kier alpha value is -3.31. The maximum atomic E-state index is 8.87. The number of nitrogens with one attached hydrogen (secondary N) is 1. The molecule has 32 heavy (non-hydrogen) atoms. The van der Waals surface area contributed by atoms with Gasteiger partial charge in [-0.1, -0.05) is 19.3 Å². The molecule has 4 heterocycles. The van der Waals surface area contributed by atoms with E-state index in [1.54, 1.807) is 18.5 Å². The number of hydrogen-bond donors (Lipinski definition) is 1. The van der Waals surface area contributed by atoms with Crippen molar-refractivity contribution >= 4 is 11.5 Å². The molecule has 1 aliphatic carbocycles. The molecule has 1 N–H and O–H groups in total. The fourth-order valence-electron chi connectivity index (χ4n) is 4.83. The lowest BCUT2D eigenvalue weighted by molar-refractivity contribution is 0.137. The summed E-state index contributed by atoms with van der Waals surface area (Å²) >= 11 is 0. The zero-order chi connectivity index (χ0) is 21.8. The lowest BCUT2D eigenvalue weighted by Crippen LogP contribution is -2.33. The summed E-state index contributed by atoms with van der Waals surface area (Å²) < 4.78 is 2.18. The van der Waals surface area contributed by atoms with Crippen molar-refractivity contribution in [1.82, 2.24) is 29.6 Å². The Morgan fingerprint density at radius 1 is 0.969 bits per heavy atom. The summed E-state index contributed by atoms with van der Waals surface area (Å²) in [5.74, 6) is 0.667. The SMILES string of the molecule is N#Cc1ccc(Nc2cnc([C@H]3CCCCN3Cc3cnn(C4CCCC4)c3)cn2)cn1. The monoisotopic (exact) mass is 428 g/mol. The smallest absolute Gasteiger partial charge is 0.148 e. The van der Waals surface area contributed by atoms with Crippen LogP contribution in [0.2, 0.25) is 0 Å². The molecule has 3 aromatic rings. The van der Waals surface area contributed by atoms with Gasteiger partial charge in [-0.3, -0.25) is 14.6 Å². The number of aromatic nitrogens is 5. The van der Waals surface area contributed by atoms with Gasteiger partial charge in [0.2, 0.25) is 0 Å². The van der Waals surface area contributed by atoms with Crippen molar-refractivity contribution in [1.29, 1.82) is 5.26 Å². The van der Waals surface area contributed by atoms with E-state index in [1.165, 1.54) is 44.1 Å². The summed E-state index contributed by atoms with van der Waals surface area (Å²) in [5.41, 5.74) is 3.47. The summed E-state index contributed by atoms with van der Waals surface area (Å²) in [6.45, 7) is 1.97. The van der Waals surface area contributed by atoms with Crippen LogP contribution in [0.3, 0.4) is 0 Å². The second-order valence-electron chi connectivity index (χ2n) is 8.74. The molecule has 1 atom stereocenters. The molecule has 0 bridgehead atoms. The first kappa shape index (κ1) is 20.6. The summed E-state index contributed by atoms with van der Waals surface area (Å²) in [7, 11) is 0. The van der Waals surface area contributed by atoms with Gasteiger partial charge in [-0.2, -0.15) is 10.4 Å². The van der Waals surface area contributed by atoms with Gasteiger partial charge in [0, 0.05) is 18.3 Å². The Labute approximate surface area is 188 Å². The molecule has 2 aliphatic rings. The van der Waals surface area contributed by atoms with Gasteiger partial charge in [-0.05, 0) is 44.4 Å². The quantitative estimate of drug-likeness (QED) is 0.616. The summed E-state index contributed by atoms with van der Waals surface area (Å²) in [5, 5.41) is 16.7. The lowest BCUT2D eigenvalue weighted by atomic mass is 9.99. The first-order valence-corrected chi connectivity index (χ1v) is 11.5. The molecule has 1 aliphatic heterocycles. The van der Waals surface area contributed by atoms with Crippen LogP contribution in [-0.4, -0.2) is 36.2 Å². The van der Waals surface area contributed by atoms with Gasteiger partial charge in [-0.25, -0.2) is 9.97 Å². The van der Waals surface area contributed by atoms with Crippen LogP contribution in [0.15, 0.2) is 43.1 Å². The average Bonchev–Trinajstić information content (AvgIpc) is 3.53. The molecule has 0 spiro atoms. The predicted octanol–water partition coefficient (Wildman–Crippen LogP) is 4.53. The van der Waals surface area contributed by atoms with Gasteiger partial charge in [-0.15, -0.1) is 0 Å². The molecule has 0 amide bonds. The Kier molecular flexibility index (Phi) is 6.08. The standard InChI is InChI=1S/C24H28N8/c25-11-19-8-9-20(13-26-19)30-24-15-27-22(14-28-24)23-7-3-4-10-31(23)16-18-12-29-32(17-18)21-5-1-2-6-21/h8-9,12-15,17,21,23H,1-7,10,16H2,(H,28,30)/t23-/m1/s1. The fraction of sp³-hybridized carbons (Fsp3) is 0.458. The van der Waals surface area contributed by atoms with Crippen molar-refractivity contribution in [3.8, 4) is 6.07 Å². The highest BCUT2D eigenvalue weighted by Crippen LogP contribution is 2.32. The van der Waals surface area contributed by atoms with E-state index in [1.807, 2.05) is 24.5 Å². The molecule has 1 saturated heterocycles. The minimum Gasteiger partial charge on any atom is -0.338 e. The van der Waals surface area contributed by atoms with Crippen LogP contribution in [0.4, 0.5) is 11.5 Å². The second-order valence-corrected chi connectivity index (χ2v) is 8.74. The topological polar surface area (TPSA) is 95.6 Å². The molecule has 8 heteroatoms. The van der Waals surface area contributed by atoms with Crippen LogP contribution in [0.25, 0.3) is 0 Å². The van der Waals surface area contributed by atoms with Crippen molar-refractivity contribution in [3.63, 3.8) is 0 Å². The van der Waals surface area contributed by atoms with Gasteiger partial charge in [0.1, 0.15) is 17.6 Å². The average molecular weight is 429 g/mol. The van der Waals surface area contributed by atoms with E-state index < -0.39 is 0 Å². The fourth-order valence-corrected chi connectivity index (χ4v) is 4.83. The zero-order valence-corrected chi connectivity index (χ0v) is 18.2. The highest BCUT2D eigenvalue weighted by molar-refractivity contribution is 5.54. The third kappa shape index (κ3) is 4.63. The first-order chi connectivity index (χ1) is 15.8. The van der Waals surface area contributed by atoms with E-state index in [0.29, 0.717) is 17.6 Å². The summed E-state index contributed by atoms with van der Waals surface area (Å²) in [6, 6.07) is 6.37. The molecule has 8 nitrogen and oxygen atoms in total. The van der Waals surface area contributed by atoms with E-state index in [0.717, 1.165) is 30.9 Å². The van der Waals surface area contributed by atoms with Gasteiger partial charge >= 0.3 is 0 Å². The normalized spacial score (nSPS) is 19.7. The van der Waals surface area contributed by atoms with Crippen LogP contribution in [0, 0.1) is 11.3 Å². The van der Waals surface area contributed by atoms with Crippen molar-refractivity contribution in [3.05, 3.63) is 60.1 Å². The number of likely N-dealkylation sites (tertiary alicyclic amines) is 1. The first-order valence-electron chi connectivity index (χ1n) is 11.5. The number of anilines is 2. The summed E-state index contributed by atoms with van der Waals surface area (Å²) in [4.78, 5) is 15.9. The van der Waals surface area contributed by atoms with Crippen molar-refractivity contribution in [2.45, 2.75) is 63.6 Å². The minimum absolute atomic E-state index is 0.275. The number of piperidine rings is 1. The molecule has 1 saturated carbocycles. The van der Waals surface area contributed by atoms with E-state index in [-0.39, 0.29) is 6.04 Å². The minimum atomic E-state index is 0.275. The number of pyridine rings is 1. The van der Waals surface area contributed by atoms with Crippen molar-refractivity contribution in [2.24, 2.45) is 0 Å². The van der Waals surface area contributed by atoms with Gasteiger partial charge in [0.05, 0.1) is 48.3 Å². The predicted molar refractivity (Wildman–Crippen MR) is 121 cm³/mol. The number of rotatable bonds is 6. The van der Waals surface area contributed by atoms with E-state index >= 15 is 0 Å². The maximum absolute atomic E-state index is 8.87. The van der Waals surface area contributed by atoms with Gasteiger partial charge in [0.25, 0.3) is 0 Å². The molecule has 5 rings (SSSR count). The Morgan fingerprint density at radius 3 is 2.59 bits per heavy atom. The van der Waals surface area contributed by atoms with Crippen LogP contribution >= 0.6 is 0 Å². The molecule has 0 unspecified atom stereocenters. The van der Waals surface area contributed by atoms with Crippen LogP contribution in [-0.2, 0) is 6.54 Å². The Bertz CT molecular complexity index is 1060. The highest BCUT2D eigenvalue weighted by Gasteiger charge is 2.26. The number of nitrogens with zero attached hydrogens (tertiary/aromatic N) is 7. The lowest BCUT2D eigenvalue weighted by Gasteiger charge is -2.34. The van der Waals surface area contributed by atoms with E-state index in [9.17, 15) is 0 Å². The van der Waals surface area contributed by atoms with Crippen molar-refractivity contribution in [2.75, 3.05) is 11.9 Å². The van der Waals surface area contributed by atoms with Crippen molar-refractivity contribution < 1.29 is 0 Å². The van der Waals surface area contributed by atoms with Gasteiger partial charge < -0.3 is 5.32 Å². The number of nitriles is 1. The zero-order valence-electron chi connectivity index (χ0n) is 18.2. The third-order valence-electron chi connectivity index (χ3n) is 6.52. The van der Waals surface area contributed by atoms with Crippen LogP contribution in [0.1, 0.15) is 74.0 Å². The Balaban J connectivity index is 1.25. The molecule has 0 radical (unpaired) electrons. The molecule has 2 fully saturated rings. The largest absolute Gasteiger partial charge is 0.338 e. The maximum Gasteiger partial charge on any atom is 0.148 e.